The fourth-order valence-electron chi connectivity index (χ4n) is 2.06. The highest BCUT2D eigenvalue weighted by Gasteiger charge is 2.13. The van der Waals surface area contributed by atoms with E-state index in [9.17, 15) is 18.4 Å². The van der Waals surface area contributed by atoms with Gasteiger partial charge < -0.3 is 9.64 Å². The number of nitrogens with zero attached hydrogens (tertiary/aromatic N) is 2. The lowest BCUT2D eigenvalue weighted by Crippen LogP contribution is -2.20. The molecule has 0 saturated carbocycles. The maximum Gasteiger partial charge on any atom is 0.337 e. The number of esters is 1. The molecule has 2 aromatic rings. The van der Waals surface area contributed by atoms with Crippen molar-refractivity contribution >= 4 is 23.8 Å². The van der Waals surface area contributed by atoms with E-state index < -0.39 is 23.5 Å². The summed E-state index contributed by atoms with van der Waals surface area (Å²) in [5.41, 5.74) is 2.69. The van der Waals surface area contributed by atoms with Gasteiger partial charge in [-0.25, -0.2) is 19.0 Å². The third-order valence-electron chi connectivity index (χ3n) is 3.50. The van der Waals surface area contributed by atoms with Gasteiger partial charge in [0.15, 0.2) is 0 Å². The number of rotatable bonds is 5. The Hall–Kier alpha value is -3.29. The number of hydrogen-bond acceptors (Lipinski definition) is 5. The number of hydrazone groups is 1. The summed E-state index contributed by atoms with van der Waals surface area (Å²) in [7, 11) is 4.71. The average Bonchev–Trinajstić information content (AvgIpc) is 2.62. The molecule has 0 aliphatic carbocycles. The lowest BCUT2D eigenvalue weighted by molar-refractivity contribution is 0.0600. The summed E-state index contributed by atoms with van der Waals surface area (Å²) in [6.07, 6.45) is 1.06. The van der Waals surface area contributed by atoms with Crippen LogP contribution < -0.4 is 10.3 Å². The minimum Gasteiger partial charge on any atom is -0.465 e. The zero-order valence-electron chi connectivity index (χ0n) is 14.4. The summed E-state index contributed by atoms with van der Waals surface area (Å²) < 4.78 is 32.2. The monoisotopic (exact) mass is 361 g/mol. The van der Waals surface area contributed by atoms with Crippen LogP contribution in [-0.4, -0.2) is 39.3 Å². The molecule has 0 aromatic heterocycles. The smallest absolute Gasteiger partial charge is 0.337 e. The fraction of sp³-hybridized carbons (Fsp3) is 0.167. The van der Waals surface area contributed by atoms with Crippen molar-refractivity contribution in [1.82, 2.24) is 5.43 Å². The molecule has 0 aliphatic rings. The minimum atomic E-state index is -0.769. The number of amides is 1. The van der Waals surface area contributed by atoms with E-state index in [0.29, 0.717) is 5.69 Å². The SMILES string of the molecule is COC(=O)c1ccc(/C=N/NC(=O)c2cc(N(C)C)ccc2F)c(F)c1. The van der Waals surface area contributed by atoms with E-state index in [2.05, 4.69) is 15.3 Å². The molecular formula is C18H17F2N3O3. The Labute approximate surface area is 149 Å². The van der Waals surface area contributed by atoms with E-state index >= 15 is 0 Å². The second-order valence-electron chi connectivity index (χ2n) is 5.49. The molecule has 136 valence electrons. The Morgan fingerprint density at radius 1 is 1.12 bits per heavy atom. The Morgan fingerprint density at radius 3 is 2.46 bits per heavy atom. The van der Waals surface area contributed by atoms with Gasteiger partial charge in [0.25, 0.3) is 5.91 Å². The van der Waals surface area contributed by atoms with Crippen LogP contribution in [0.15, 0.2) is 41.5 Å². The second-order valence-corrected chi connectivity index (χ2v) is 5.49. The summed E-state index contributed by atoms with van der Waals surface area (Å²) in [4.78, 5) is 25.1. The molecule has 0 bridgehead atoms. The van der Waals surface area contributed by atoms with E-state index in [1.165, 1.54) is 37.4 Å². The first-order valence-electron chi connectivity index (χ1n) is 7.51. The summed E-state index contributed by atoms with van der Waals surface area (Å²) in [6.45, 7) is 0. The van der Waals surface area contributed by atoms with Gasteiger partial charge >= 0.3 is 5.97 Å². The van der Waals surface area contributed by atoms with Gasteiger partial charge in [-0.2, -0.15) is 5.10 Å². The molecule has 0 saturated heterocycles. The molecule has 0 atom stereocenters. The Kier molecular flexibility index (Phi) is 6.00. The van der Waals surface area contributed by atoms with Crippen LogP contribution in [0.25, 0.3) is 0 Å². The number of hydrogen-bond donors (Lipinski definition) is 1. The molecule has 0 spiro atoms. The molecular weight excluding hydrogens is 344 g/mol. The molecule has 6 nitrogen and oxygen atoms in total. The van der Waals surface area contributed by atoms with Crippen molar-refractivity contribution in [2.45, 2.75) is 0 Å². The second kappa shape index (κ2) is 8.19. The van der Waals surface area contributed by atoms with Gasteiger partial charge in [0.1, 0.15) is 11.6 Å². The van der Waals surface area contributed by atoms with Gasteiger partial charge in [0.2, 0.25) is 0 Å². The molecule has 1 amide bonds. The van der Waals surface area contributed by atoms with Crippen LogP contribution in [0.4, 0.5) is 14.5 Å². The first kappa shape index (κ1) is 19.0. The van der Waals surface area contributed by atoms with E-state index in [0.717, 1.165) is 12.3 Å². The third-order valence-corrected chi connectivity index (χ3v) is 3.50. The zero-order valence-corrected chi connectivity index (χ0v) is 14.4. The number of carbonyl (C=O) groups excluding carboxylic acids is 2. The van der Waals surface area contributed by atoms with Gasteiger partial charge in [-0.15, -0.1) is 0 Å². The van der Waals surface area contributed by atoms with Crippen LogP contribution >= 0.6 is 0 Å². The maximum atomic E-state index is 13.9. The van der Waals surface area contributed by atoms with E-state index in [1.807, 2.05) is 0 Å². The van der Waals surface area contributed by atoms with Crippen LogP contribution in [0.3, 0.4) is 0 Å². The van der Waals surface area contributed by atoms with Crippen molar-refractivity contribution in [2.24, 2.45) is 5.10 Å². The molecule has 8 heteroatoms. The largest absolute Gasteiger partial charge is 0.465 e. The molecule has 0 radical (unpaired) electrons. The van der Waals surface area contributed by atoms with Crippen LogP contribution in [0.1, 0.15) is 26.3 Å². The van der Waals surface area contributed by atoms with Gasteiger partial charge in [-0.05, 0) is 36.4 Å². The van der Waals surface area contributed by atoms with Gasteiger partial charge in [0.05, 0.1) is 24.5 Å². The summed E-state index contributed by atoms with van der Waals surface area (Å²) in [5.74, 6) is -2.85. The van der Waals surface area contributed by atoms with Crippen molar-refractivity contribution in [3.63, 3.8) is 0 Å². The minimum absolute atomic E-state index is 0.0421. The molecule has 0 heterocycles. The maximum absolute atomic E-state index is 13.9. The van der Waals surface area contributed by atoms with E-state index in [4.69, 9.17) is 0 Å². The Morgan fingerprint density at radius 2 is 1.85 bits per heavy atom. The number of methoxy groups -OCH3 is 1. The molecule has 2 aromatic carbocycles. The van der Waals surface area contributed by atoms with Crippen LogP contribution in [0, 0.1) is 11.6 Å². The lowest BCUT2D eigenvalue weighted by atomic mass is 10.1. The first-order chi connectivity index (χ1) is 12.3. The highest BCUT2D eigenvalue weighted by Crippen LogP contribution is 2.17. The van der Waals surface area contributed by atoms with Crippen molar-refractivity contribution in [3.05, 3.63) is 64.7 Å². The van der Waals surface area contributed by atoms with Crippen LogP contribution in [0.2, 0.25) is 0 Å². The van der Waals surface area contributed by atoms with Crippen molar-refractivity contribution < 1.29 is 23.1 Å². The average molecular weight is 361 g/mol. The van der Waals surface area contributed by atoms with Crippen molar-refractivity contribution in [1.29, 1.82) is 0 Å². The van der Waals surface area contributed by atoms with Crippen molar-refractivity contribution in [2.75, 3.05) is 26.1 Å². The van der Waals surface area contributed by atoms with Crippen LogP contribution in [0.5, 0.6) is 0 Å². The Bertz CT molecular complexity index is 867. The highest BCUT2D eigenvalue weighted by molar-refractivity contribution is 5.96. The molecule has 1 N–H and O–H groups in total. The number of carbonyl (C=O) groups is 2. The number of halogens is 2. The van der Waals surface area contributed by atoms with E-state index in [-0.39, 0.29) is 16.7 Å². The number of anilines is 1. The molecule has 26 heavy (non-hydrogen) atoms. The zero-order chi connectivity index (χ0) is 19.3. The quantitative estimate of drug-likeness (QED) is 0.505. The number of nitrogens with one attached hydrogen (secondary N) is 1. The van der Waals surface area contributed by atoms with E-state index in [1.54, 1.807) is 19.0 Å². The number of benzene rings is 2. The number of ether oxygens (including phenoxy) is 1. The van der Waals surface area contributed by atoms with Crippen LogP contribution in [-0.2, 0) is 4.74 Å². The highest BCUT2D eigenvalue weighted by atomic mass is 19.1. The molecule has 2 rings (SSSR count). The summed E-state index contributed by atoms with van der Waals surface area (Å²) in [5, 5.41) is 3.63. The van der Waals surface area contributed by atoms with Gasteiger partial charge in [-0.3, -0.25) is 4.79 Å². The summed E-state index contributed by atoms with van der Waals surface area (Å²) >= 11 is 0. The first-order valence-corrected chi connectivity index (χ1v) is 7.51. The molecule has 0 aliphatic heterocycles. The lowest BCUT2D eigenvalue weighted by Gasteiger charge is -2.13. The predicted octanol–water partition coefficient (Wildman–Crippen LogP) is 2.58. The normalized spacial score (nSPS) is 10.7. The summed E-state index contributed by atoms with van der Waals surface area (Å²) in [6, 6.07) is 7.76. The molecule has 0 unspecified atom stereocenters. The fourth-order valence-corrected chi connectivity index (χ4v) is 2.06. The van der Waals surface area contributed by atoms with Crippen molar-refractivity contribution in [3.8, 4) is 0 Å². The van der Waals surface area contributed by atoms with Gasteiger partial charge in [0, 0.05) is 25.3 Å². The third kappa shape index (κ3) is 4.41. The van der Waals surface area contributed by atoms with Gasteiger partial charge in [-0.1, -0.05) is 0 Å². The molecule has 0 fully saturated rings. The predicted molar refractivity (Wildman–Crippen MR) is 93.5 cm³/mol. The standard InChI is InChI=1S/C18H17F2N3O3/c1-23(2)13-6-7-15(19)14(9-13)17(24)22-21-10-12-5-4-11(8-16(12)20)18(25)26-3/h4-10H,1-3H3,(H,22,24)/b21-10+. The Balaban J connectivity index is 2.12. The topological polar surface area (TPSA) is 71.0 Å².